The van der Waals surface area contributed by atoms with Crippen LogP contribution in [0.5, 0.6) is 0 Å². The number of aliphatic hydroxyl groups is 2. The highest BCUT2D eigenvalue weighted by molar-refractivity contribution is 7.47. The summed E-state index contributed by atoms with van der Waals surface area (Å²) in [5.74, 6) is -2.64. The summed E-state index contributed by atoms with van der Waals surface area (Å²) in [5.41, 5.74) is 5.32. The fourth-order valence-electron chi connectivity index (χ4n) is 6.16. The number of hydrogen-bond acceptors (Lipinski definition) is 11. The highest BCUT2D eigenvalue weighted by Gasteiger charge is 2.28. The van der Waals surface area contributed by atoms with Gasteiger partial charge in [-0.1, -0.05) is 171 Å². The van der Waals surface area contributed by atoms with Crippen molar-refractivity contribution in [1.29, 1.82) is 0 Å². The summed E-state index contributed by atoms with van der Waals surface area (Å²) in [4.78, 5) is 46.1. The van der Waals surface area contributed by atoms with Crippen LogP contribution < -0.4 is 5.73 Å². The normalized spacial score (nSPS) is 15.2. The predicted molar refractivity (Wildman–Crippen MR) is 247 cm³/mol. The van der Waals surface area contributed by atoms with E-state index in [-0.39, 0.29) is 25.7 Å². The van der Waals surface area contributed by atoms with Crippen molar-refractivity contribution >= 4 is 25.7 Å². The summed E-state index contributed by atoms with van der Waals surface area (Å²) in [5, 5.41) is 29.1. The van der Waals surface area contributed by atoms with E-state index in [9.17, 15) is 34.1 Å². The molecule has 0 spiro atoms. The molecule has 0 aliphatic carbocycles. The van der Waals surface area contributed by atoms with Gasteiger partial charge in [0.05, 0.1) is 25.4 Å². The molecule has 13 nitrogen and oxygen atoms in total. The molecule has 0 saturated heterocycles. The highest BCUT2D eigenvalue weighted by atomic mass is 31.2. The molecule has 0 aromatic carbocycles. The van der Waals surface area contributed by atoms with Crippen LogP contribution in [0.2, 0.25) is 0 Å². The minimum absolute atomic E-state index is 0.0890. The van der Waals surface area contributed by atoms with Crippen LogP contribution in [0.3, 0.4) is 0 Å². The van der Waals surface area contributed by atoms with Gasteiger partial charge in [0.25, 0.3) is 0 Å². The van der Waals surface area contributed by atoms with Crippen LogP contribution in [-0.4, -0.2) is 82.3 Å². The van der Waals surface area contributed by atoms with Crippen molar-refractivity contribution < 1.29 is 57.7 Å². The third-order valence-corrected chi connectivity index (χ3v) is 10.9. The van der Waals surface area contributed by atoms with Gasteiger partial charge in [-0.05, 0) is 57.8 Å². The molecule has 0 amide bonds. The second kappa shape index (κ2) is 42.1. The Morgan fingerprint density at radius 1 is 0.581 bits per heavy atom. The zero-order chi connectivity index (χ0) is 45.9. The standard InChI is InChI=1S/C48H84NO12P/c1-3-5-7-8-9-10-11-12-13-14-15-16-17-18-19-20-24-27-31-37-46(52)58-39-44(40-59-62(56,57)60-41-45(49)48(54)55)61-47(53)38-32-36-43(51)35-30-26-23-21-22-25-29-34-42(50)33-28-6-4-2/h12-13,22-23,25-26,29-30,34-35,42-45,50-51H,3-11,14-21,24,27-28,31-33,36-41,49H2,1-2H3,(H,54,55)(H,56,57)/b13-12-,25-22-,26-23-,34-29+,35-30+/t42-,43-,44-,45+/m1/s1. The van der Waals surface area contributed by atoms with Gasteiger partial charge >= 0.3 is 25.7 Å². The molecule has 0 aromatic rings. The number of unbranched alkanes of at least 4 members (excludes halogenated alkanes) is 17. The maximum Gasteiger partial charge on any atom is 0.472 e. The number of phosphoric acid groups is 1. The molecule has 0 aliphatic heterocycles. The van der Waals surface area contributed by atoms with E-state index in [1.54, 1.807) is 24.3 Å². The van der Waals surface area contributed by atoms with E-state index < -0.39 is 69.9 Å². The van der Waals surface area contributed by atoms with Crippen molar-refractivity contribution in [3.8, 4) is 0 Å². The molecule has 0 radical (unpaired) electrons. The van der Waals surface area contributed by atoms with Crippen LogP contribution in [0.1, 0.15) is 181 Å². The van der Waals surface area contributed by atoms with Gasteiger partial charge in [0, 0.05) is 12.8 Å². The maximum atomic E-state index is 12.7. The number of hydrogen-bond donors (Lipinski definition) is 5. The molecule has 0 bridgehead atoms. The lowest BCUT2D eigenvalue weighted by Gasteiger charge is -2.20. The SMILES string of the molecule is CCCCCCCC/C=C\CCCCCCCCCCCC(=O)OC[C@H](COP(=O)(O)OC[C@H](N)C(=O)O)OC(=O)CCC[C@H](O)/C=C/C=C\C/C=C\C=C\[C@H](O)CCCCC. The molecule has 62 heavy (non-hydrogen) atoms. The zero-order valence-electron chi connectivity index (χ0n) is 38.2. The molecule has 0 aromatic heterocycles. The fourth-order valence-corrected chi connectivity index (χ4v) is 6.93. The van der Waals surface area contributed by atoms with Crippen molar-refractivity contribution in [2.45, 2.75) is 205 Å². The van der Waals surface area contributed by atoms with Crippen molar-refractivity contribution in [1.82, 2.24) is 0 Å². The van der Waals surface area contributed by atoms with Crippen LogP contribution in [0.4, 0.5) is 0 Å². The summed E-state index contributed by atoms with van der Waals surface area (Å²) < 4.78 is 32.6. The topological polar surface area (TPSA) is 212 Å². The van der Waals surface area contributed by atoms with Gasteiger partial charge < -0.3 is 35.4 Å². The smallest absolute Gasteiger partial charge is 0.472 e. The van der Waals surface area contributed by atoms with E-state index in [0.717, 1.165) is 51.4 Å². The number of phosphoric ester groups is 1. The number of allylic oxidation sites excluding steroid dienone is 8. The lowest BCUT2D eigenvalue weighted by Crippen LogP contribution is -2.34. The highest BCUT2D eigenvalue weighted by Crippen LogP contribution is 2.43. The Morgan fingerprint density at radius 3 is 1.60 bits per heavy atom. The minimum atomic E-state index is -4.79. The number of nitrogens with two attached hydrogens (primary N) is 1. The first-order valence-electron chi connectivity index (χ1n) is 23.5. The first kappa shape index (κ1) is 59.1. The molecule has 1 unspecified atom stereocenters. The number of aliphatic hydroxyl groups excluding tert-OH is 2. The Bertz CT molecular complexity index is 1320. The largest absolute Gasteiger partial charge is 0.480 e. The van der Waals surface area contributed by atoms with Crippen LogP contribution in [0.25, 0.3) is 0 Å². The molecular formula is C48H84NO12P. The molecule has 0 fully saturated rings. The van der Waals surface area contributed by atoms with Crippen LogP contribution in [-0.2, 0) is 37.5 Å². The number of carboxylic acid groups (broad SMARTS) is 1. The Kier molecular flexibility index (Phi) is 40.1. The van der Waals surface area contributed by atoms with Crippen molar-refractivity contribution in [2.24, 2.45) is 5.73 Å². The molecule has 5 atom stereocenters. The van der Waals surface area contributed by atoms with Gasteiger partial charge in [-0.15, -0.1) is 0 Å². The number of aliphatic carboxylic acids is 1. The Balaban J connectivity index is 4.53. The number of esters is 2. The molecule has 6 N–H and O–H groups in total. The van der Waals surface area contributed by atoms with Gasteiger partial charge in [0.1, 0.15) is 12.6 Å². The van der Waals surface area contributed by atoms with Crippen LogP contribution >= 0.6 is 7.82 Å². The molecule has 0 heterocycles. The molecule has 358 valence electrons. The molecule has 14 heteroatoms. The number of rotatable bonds is 43. The van der Waals surface area contributed by atoms with Gasteiger partial charge in [-0.2, -0.15) is 0 Å². The van der Waals surface area contributed by atoms with E-state index in [0.29, 0.717) is 12.8 Å². The van der Waals surface area contributed by atoms with Crippen molar-refractivity contribution in [3.05, 3.63) is 60.8 Å². The Hall–Kier alpha value is -2.90. The Labute approximate surface area is 373 Å². The van der Waals surface area contributed by atoms with Crippen molar-refractivity contribution in [3.63, 3.8) is 0 Å². The second-order valence-corrected chi connectivity index (χ2v) is 17.4. The molecule has 0 rings (SSSR count). The van der Waals surface area contributed by atoms with Gasteiger partial charge in [0.2, 0.25) is 0 Å². The summed E-state index contributed by atoms with van der Waals surface area (Å²) in [6.07, 6.45) is 42.1. The molecule has 0 aliphatic rings. The van der Waals surface area contributed by atoms with E-state index in [4.69, 9.17) is 24.8 Å². The van der Waals surface area contributed by atoms with Gasteiger partial charge in [-0.25, -0.2) is 4.57 Å². The van der Waals surface area contributed by atoms with Gasteiger partial charge in [0.15, 0.2) is 6.10 Å². The second-order valence-electron chi connectivity index (χ2n) is 15.9. The molecular weight excluding hydrogens is 813 g/mol. The quantitative estimate of drug-likeness (QED) is 0.0127. The fraction of sp³-hybridized carbons (Fsp3) is 0.729. The number of ether oxygens (including phenoxy) is 2. The average Bonchev–Trinajstić information content (AvgIpc) is 3.24. The average molecular weight is 898 g/mol. The third kappa shape index (κ3) is 41.1. The van der Waals surface area contributed by atoms with E-state index in [1.165, 1.54) is 77.0 Å². The van der Waals surface area contributed by atoms with E-state index in [1.807, 2.05) is 24.3 Å². The monoisotopic (exact) mass is 898 g/mol. The third-order valence-electron chi connectivity index (χ3n) is 9.95. The zero-order valence-corrected chi connectivity index (χ0v) is 39.1. The first-order chi connectivity index (χ1) is 29.9. The first-order valence-corrected chi connectivity index (χ1v) is 25.0. The number of carboxylic acids is 1. The molecule has 0 saturated carbocycles. The lowest BCUT2D eigenvalue weighted by atomic mass is 10.1. The maximum absolute atomic E-state index is 12.7. The lowest BCUT2D eigenvalue weighted by molar-refractivity contribution is -0.161. The van der Waals surface area contributed by atoms with Crippen LogP contribution in [0, 0.1) is 0 Å². The number of carbonyl (C=O) groups excluding carboxylic acids is 2. The summed E-state index contributed by atoms with van der Waals surface area (Å²) in [7, 11) is -4.79. The van der Waals surface area contributed by atoms with Gasteiger partial charge in [-0.3, -0.25) is 23.4 Å². The van der Waals surface area contributed by atoms with Crippen LogP contribution in [0.15, 0.2) is 60.8 Å². The van der Waals surface area contributed by atoms with Crippen molar-refractivity contribution in [2.75, 3.05) is 19.8 Å². The summed E-state index contributed by atoms with van der Waals surface area (Å²) >= 11 is 0. The summed E-state index contributed by atoms with van der Waals surface area (Å²) in [6, 6.07) is -1.56. The van der Waals surface area contributed by atoms with E-state index in [2.05, 4.69) is 30.5 Å². The minimum Gasteiger partial charge on any atom is -0.480 e. The predicted octanol–water partition coefficient (Wildman–Crippen LogP) is 10.7. The van der Waals surface area contributed by atoms with E-state index >= 15 is 0 Å². The Morgan fingerprint density at radius 2 is 1.05 bits per heavy atom. The number of carbonyl (C=O) groups is 3. The summed E-state index contributed by atoms with van der Waals surface area (Å²) in [6.45, 7) is 2.47.